The lowest BCUT2D eigenvalue weighted by molar-refractivity contribution is -0.139. The van der Waals surface area contributed by atoms with Gasteiger partial charge >= 0.3 is 6.16 Å². The summed E-state index contributed by atoms with van der Waals surface area (Å²) < 4.78 is 10.6. The number of carbonyl (C=O) groups is 7. The van der Waals surface area contributed by atoms with Crippen LogP contribution < -0.4 is 21.3 Å². The fourth-order valence-electron chi connectivity index (χ4n) is 5.42. The number of amides is 6. The summed E-state index contributed by atoms with van der Waals surface area (Å²) in [6.07, 6.45) is 3.06. The van der Waals surface area contributed by atoms with Crippen LogP contribution in [0.1, 0.15) is 127 Å². The second-order valence-corrected chi connectivity index (χ2v) is 17.3. The molecule has 3 atom stereocenters. The van der Waals surface area contributed by atoms with Gasteiger partial charge < -0.3 is 35.8 Å². The number of thioether (sulfide) groups is 1. The van der Waals surface area contributed by atoms with E-state index in [-0.39, 0.29) is 62.7 Å². The molecule has 1 fully saturated rings. The number of hydrogen-bond acceptors (Lipinski definition) is 10. The molecule has 1 saturated heterocycles. The van der Waals surface area contributed by atoms with E-state index in [0.717, 1.165) is 12.8 Å². The van der Waals surface area contributed by atoms with E-state index in [1.165, 1.54) is 36.4 Å². The Kier molecular flexibility index (Phi) is 21.9. The summed E-state index contributed by atoms with van der Waals surface area (Å²) in [6, 6.07) is 4.47. The number of nitrogens with zero attached hydrogens (tertiary/aromatic N) is 1. The molecule has 1 aliphatic rings. The molecule has 5 N–H and O–H groups in total. The van der Waals surface area contributed by atoms with Gasteiger partial charge in [0, 0.05) is 30.3 Å². The molecule has 3 unspecified atom stereocenters. The van der Waals surface area contributed by atoms with E-state index < -0.39 is 52.4 Å². The minimum atomic E-state index is -1.40. The zero-order valence-electron chi connectivity index (χ0n) is 35.7. The van der Waals surface area contributed by atoms with Gasteiger partial charge in [0.25, 0.3) is 0 Å². The number of unbranched alkanes of at least 4 members (excludes halogenated alkanes) is 1. The predicted octanol–water partition coefficient (Wildman–Crippen LogP) is 5.79. The Labute approximate surface area is 342 Å². The molecular formula is C41H67N5O10S. The van der Waals surface area contributed by atoms with Crippen molar-refractivity contribution in [1.82, 2.24) is 20.9 Å². The largest absolute Gasteiger partial charge is 0.506 e. The SMILES string of the molecule is CCC(CC)SC1CC(=O)N(CCC(=O)NC(C)(C)COC(C)(C)CC(=O)NC(C(=O)NC(C)C(=O)Nc2ccc(COC(=O)O)cc2)C(C)C)C1=O.CCCC. The van der Waals surface area contributed by atoms with Gasteiger partial charge in [0.2, 0.25) is 35.4 Å². The van der Waals surface area contributed by atoms with Gasteiger partial charge in [-0.3, -0.25) is 33.7 Å². The van der Waals surface area contributed by atoms with Crippen molar-refractivity contribution in [3.8, 4) is 0 Å². The Morgan fingerprint density at radius 2 is 1.49 bits per heavy atom. The molecule has 6 amide bonds. The summed E-state index contributed by atoms with van der Waals surface area (Å²) in [5, 5.41) is 19.5. The van der Waals surface area contributed by atoms with Crippen LogP contribution in [0.25, 0.3) is 0 Å². The van der Waals surface area contributed by atoms with E-state index in [0.29, 0.717) is 16.5 Å². The van der Waals surface area contributed by atoms with E-state index in [2.05, 4.69) is 53.7 Å². The summed E-state index contributed by atoms with van der Waals surface area (Å²) >= 11 is 1.53. The maximum atomic E-state index is 13.2. The summed E-state index contributed by atoms with van der Waals surface area (Å²) in [4.78, 5) is 89.0. The molecule has 1 aromatic carbocycles. The molecule has 1 heterocycles. The lowest BCUT2D eigenvalue weighted by Crippen LogP contribution is -2.54. The third-order valence-corrected chi connectivity index (χ3v) is 10.8. The van der Waals surface area contributed by atoms with Crippen molar-refractivity contribution >= 4 is 59.0 Å². The fraction of sp³-hybridized carbons (Fsp3) is 0.683. The van der Waals surface area contributed by atoms with Gasteiger partial charge in [-0.05, 0) is 71.1 Å². The van der Waals surface area contributed by atoms with Crippen LogP contribution in [0.3, 0.4) is 0 Å². The first-order valence-corrected chi connectivity index (χ1v) is 20.8. The standard InChI is InChI=1S/C37H57N5O10S.C4H10/c1-10-26(11-2)53-27-18-30(45)42(34(27)48)17-16-28(43)41-36(6,7)21-52-37(8,9)19-29(44)40-31(22(3)4)33(47)38-23(5)32(46)39-25-14-12-24(13-15-25)20-51-35(49)50;1-3-4-2/h12-15,22-23,26-27,31H,10-11,16-21H2,1-9H3,(H,38,47)(H,39,46)(H,40,44)(H,41,43)(H,49,50);3-4H2,1-2H3. The van der Waals surface area contributed by atoms with Crippen molar-refractivity contribution in [3.05, 3.63) is 29.8 Å². The Morgan fingerprint density at radius 1 is 0.895 bits per heavy atom. The quantitative estimate of drug-likeness (QED) is 0.0698. The fourth-order valence-corrected chi connectivity index (χ4v) is 6.75. The number of benzene rings is 1. The predicted molar refractivity (Wildman–Crippen MR) is 221 cm³/mol. The highest BCUT2D eigenvalue weighted by Gasteiger charge is 2.40. The maximum absolute atomic E-state index is 13.2. The van der Waals surface area contributed by atoms with Crippen LogP contribution in [0.4, 0.5) is 10.5 Å². The molecular weight excluding hydrogens is 755 g/mol. The van der Waals surface area contributed by atoms with E-state index in [9.17, 15) is 33.6 Å². The van der Waals surface area contributed by atoms with Gasteiger partial charge in [0.05, 0.1) is 29.4 Å². The van der Waals surface area contributed by atoms with Crippen LogP contribution in [0, 0.1) is 5.92 Å². The second-order valence-electron chi connectivity index (χ2n) is 15.8. The lowest BCUT2D eigenvalue weighted by Gasteiger charge is -2.33. The van der Waals surface area contributed by atoms with Crippen molar-refractivity contribution in [2.45, 2.75) is 161 Å². The Balaban J connectivity index is 0.00000386. The number of hydrogen-bond donors (Lipinski definition) is 5. The van der Waals surface area contributed by atoms with Crippen LogP contribution >= 0.6 is 11.8 Å². The molecule has 0 aliphatic carbocycles. The molecule has 16 heteroatoms. The third kappa shape index (κ3) is 19.2. The molecule has 57 heavy (non-hydrogen) atoms. The van der Waals surface area contributed by atoms with Gasteiger partial charge in [-0.1, -0.05) is 66.5 Å². The monoisotopic (exact) mass is 821 g/mol. The van der Waals surface area contributed by atoms with Crippen molar-refractivity contribution in [2.75, 3.05) is 18.5 Å². The molecule has 0 bridgehead atoms. The summed E-state index contributed by atoms with van der Waals surface area (Å²) in [7, 11) is 0. The number of rotatable bonds is 22. The first-order valence-electron chi connectivity index (χ1n) is 19.9. The summed E-state index contributed by atoms with van der Waals surface area (Å²) in [6.45, 7) is 20.4. The Bertz CT molecular complexity index is 1490. The minimum absolute atomic E-state index is 0.00167. The number of carboxylic acid groups (broad SMARTS) is 1. The lowest BCUT2D eigenvalue weighted by atomic mass is 9.99. The molecule has 1 aliphatic heterocycles. The summed E-state index contributed by atoms with van der Waals surface area (Å²) in [5.74, 6) is -2.66. The highest BCUT2D eigenvalue weighted by molar-refractivity contribution is 8.01. The molecule has 15 nitrogen and oxygen atoms in total. The topological polar surface area (TPSA) is 210 Å². The molecule has 0 aromatic heterocycles. The van der Waals surface area contributed by atoms with Crippen molar-refractivity contribution in [3.63, 3.8) is 0 Å². The maximum Gasteiger partial charge on any atom is 0.506 e. The van der Waals surface area contributed by atoms with Gasteiger partial charge in [-0.15, -0.1) is 11.8 Å². The average Bonchev–Trinajstić information content (AvgIpc) is 3.40. The Hall–Kier alpha value is -4.18. The van der Waals surface area contributed by atoms with Crippen molar-refractivity contribution in [2.24, 2.45) is 5.92 Å². The minimum Gasteiger partial charge on any atom is -0.450 e. The second kappa shape index (κ2) is 24.6. The van der Waals surface area contributed by atoms with Gasteiger partial charge in [0.15, 0.2) is 0 Å². The number of anilines is 1. The van der Waals surface area contributed by atoms with E-state index in [1.54, 1.807) is 65.8 Å². The van der Waals surface area contributed by atoms with Crippen LogP contribution in [0.5, 0.6) is 0 Å². The van der Waals surface area contributed by atoms with Crippen LogP contribution in [0.2, 0.25) is 0 Å². The zero-order valence-corrected chi connectivity index (χ0v) is 36.6. The van der Waals surface area contributed by atoms with E-state index >= 15 is 0 Å². The number of imide groups is 1. The normalized spacial score (nSPS) is 15.4. The van der Waals surface area contributed by atoms with E-state index in [1.807, 2.05) is 0 Å². The molecule has 322 valence electrons. The number of nitrogens with one attached hydrogen (secondary N) is 4. The third-order valence-electron chi connectivity index (χ3n) is 9.02. The Morgan fingerprint density at radius 3 is 2.02 bits per heavy atom. The van der Waals surface area contributed by atoms with Crippen molar-refractivity contribution < 1.29 is 48.1 Å². The first-order chi connectivity index (χ1) is 26.6. The number of ether oxygens (including phenoxy) is 2. The van der Waals surface area contributed by atoms with Gasteiger partial charge in [-0.25, -0.2) is 4.79 Å². The first kappa shape index (κ1) is 50.8. The van der Waals surface area contributed by atoms with Gasteiger partial charge in [-0.2, -0.15) is 0 Å². The number of likely N-dealkylation sites (tertiary alicyclic amines) is 1. The van der Waals surface area contributed by atoms with Crippen molar-refractivity contribution in [1.29, 1.82) is 0 Å². The van der Waals surface area contributed by atoms with Crippen LogP contribution in [-0.2, 0) is 44.8 Å². The van der Waals surface area contributed by atoms with E-state index in [4.69, 9.17) is 9.84 Å². The molecule has 2 rings (SSSR count). The highest BCUT2D eigenvalue weighted by Crippen LogP contribution is 2.31. The molecule has 0 spiro atoms. The van der Waals surface area contributed by atoms with Gasteiger partial charge in [0.1, 0.15) is 18.7 Å². The zero-order chi connectivity index (χ0) is 43.5. The highest BCUT2D eigenvalue weighted by atomic mass is 32.2. The molecule has 0 saturated carbocycles. The smallest absolute Gasteiger partial charge is 0.450 e. The average molecular weight is 822 g/mol. The molecule has 0 radical (unpaired) electrons. The number of carbonyl (C=O) groups excluding carboxylic acids is 6. The van der Waals surface area contributed by atoms with Crippen LogP contribution in [-0.4, -0.2) is 98.5 Å². The summed E-state index contributed by atoms with van der Waals surface area (Å²) in [5.41, 5.74) is -0.799. The molecule has 1 aromatic rings. The van der Waals surface area contributed by atoms with Crippen LogP contribution in [0.15, 0.2) is 24.3 Å².